The van der Waals surface area contributed by atoms with Crippen molar-refractivity contribution in [3.63, 3.8) is 0 Å². The van der Waals surface area contributed by atoms with Crippen molar-refractivity contribution in [2.75, 3.05) is 72.7 Å². The highest BCUT2D eigenvalue weighted by molar-refractivity contribution is 7.86. The minimum absolute atomic E-state index is 0.00816. The van der Waals surface area contributed by atoms with E-state index >= 15 is 0 Å². The molecule has 1 unspecified atom stereocenters. The van der Waals surface area contributed by atoms with E-state index in [1.807, 2.05) is 30.3 Å². The molecule has 0 aromatic heterocycles. The predicted octanol–water partition coefficient (Wildman–Crippen LogP) is 2.65. The molecule has 2 aromatic rings. The van der Waals surface area contributed by atoms with Crippen molar-refractivity contribution in [2.45, 2.75) is 23.8 Å². The molecule has 3 rings (SSSR count). The van der Waals surface area contributed by atoms with E-state index in [1.165, 1.54) is 18.2 Å². The Kier molecular flexibility index (Phi) is 13.7. The molecule has 0 radical (unpaired) electrons. The quantitative estimate of drug-likeness (QED) is 0.261. The Balaban J connectivity index is 1.53. The van der Waals surface area contributed by atoms with E-state index in [2.05, 4.69) is 0 Å². The molecule has 1 fully saturated rings. The first-order valence-electron chi connectivity index (χ1n) is 12.7. The summed E-state index contributed by atoms with van der Waals surface area (Å²) in [5, 5.41) is 0. The first-order chi connectivity index (χ1) is 18.6. The largest absolute Gasteiger partial charge is 0.459 e. The first-order valence-corrected chi connectivity index (χ1v) is 14.1. The lowest BCUT2D eigenvalue weighted by Gasteiger charge is -2.19. The molecule has 0 saturated carbocycles. The fourth-order valence-corrected chi connectivity index (χ4v) is 4.68. The number of hydrogen-bond donors (Lipinski definition) is 0. The third kappa shape index (κ3) is 11.2. The van der Waals surface area contributed by atoms with E-state index in [-0.39, 0.29) is 36.9 Å². The van der Waals surface area contributed by atoms with Gasteiger partial charge in [0.1, 0.15) is 17.6 Å². The molecular formula is C27H36O10S. The molecule has 1 aliphatic rings. The molecule has 38 heavy (non-hydrogen) atoms. The molecule has 0 bridgehead atoms. The van der Waals surface area contributed by atoms with Crippen molar-refractivity contribution in [2.24, 2.45) is 0 Å². The summed E-state index contributed by atoms with van der Waals surface area (Å²) in [6.07, 6.45) is 0.618. The van der Waals surface area contributed by atoms with Gasteiger partial charge in [0.25, 0.3) is 10.1 Å². The summed E-state index contributed by atoms with van der Waals surface area (Å²) in [6.45, 7) is 3.19. The molecule has 210 valence electrons. The van der Waals surface area contributed by atoms with E-state index in [1.54, 1.807) is 6.07 Å². The lowest BCUT2D eigenvalue weighted by Crippen LogP contribution is -2.29. The van der Waals surface area contributed by atoms with Crippen molar-refractivity contribution < 1.29 is 45.8 Å². The van der Waals surface area contributed by atoms with Gasteiger partial charge < -0.3 is 28.4 Å². The van der Waals surface area contributed by atoms with Crippen LogP contribution in [0.4, 0.5) is 0 Å². The van der Waals surface area contributed by atoms with Crippen LogP contribution in [0.3, 0.4) is 0 Å². The fraction of sp³-hybridized carbons (Fsp3) is 0.519. The van der Waals surface area contributed by atoms with Crippen molar-refractivity contribution in [3.05, 3.63) is 65.7 Å². The third-order valence-corrected chi connectivity index (χ3v) is 6.84. The third-order valence-electron chi connectivity index (χ3n) is 5.47. The zero-order chi connectivity index (χ0) is 26.9. The maximum absolute atomic E-state index is 12.9. The number of carbonyl (C=O) groups is 1. The van der Waals surface area contributed by atoms with Gasteiger partial charge in [-0.25, -0.2) is 4.79 Å². The van der Waals surface area contributed by atoms with Crippen LogP contribution in [0.25, 0.3) is 0 Å². The van der Waals surface area contributed by atoms with Crippen LogP contribution < -0.4 is 0 Å². The molecule has 10 nitrogen and oxygen atoms in total. The molecule has 0 N–H and O–H groups in total. The molecule has 11 heteroatoms. The summed E-state index contributed by atoms with van der Waals surface area (Å²) in [4.78, 5) is 12.6. The van der Waals surface area contributed by atoms with Gasteiger partial charge in [0, 0.05) is 0 Å². The van der Waals surface area contributed by atoms with Crippen molar-refractivity contribution >= 4 is 16.1 Å². The standard InChI is InChI=1S/C27H36O10S/c28-27(36-22-24-21-34-18-17-32-14-13-31-15-16-33-19-20-35-24)25-10-4-5-11-26(25)38(29,30)37-12-6-9-23-7-2-1-3-8-23/h1-5,7-8,10-11,24H,6,9,12-22H2. The van der Waals surface area contributed by atoms with Crippen LogP contribution in [0.2, 0.25) is 0 Å². The van der Waals surface area contributed by atoms with Crippen LogP contribution in [0.5, 0.6) is 0 Å². The van der Waals surface area contributed by atoms with E-state index in [0.717, 1.165) is 5.56 Å². The summed E-state index contributed by atoms with van der Waals surface area (Å²) in [5.74, 6) is -0.798. The van der Waals surface area contributed by atoms with Crippen LogP contribution in [0, 0.1) is 0 Å². The van der Waals surface area contributed by atoms with Gasteiger partial charge in [-0.05, 0) is 30.5 Å². The van der Waals surface area contributed by atoms with E-state index in [0.29, 0.717) is 59.1 Å². The van der Waals surface area contributed by atoms with Gasteiger partial charge >= 0.3 is 5.97 Å². The van der Waals surface area contributed by atoms with Crippen molar-refractivity contribution in [1.29, 1.82) is 0 Å². The number of rotatable bonds is 9. The van der Waals surface area contributed by atoms with Crippen LogP contribution in [0.1, 0.15) is 22.3 Å². The van der Waals surface area contributed by atoms with Gasteiger partial charge in [-0.2, -0.15) is 8.42 Å². The van der Waals surface area contributed by atoms with Crippen LogP contribution in [0.15, 0.2) is 59.5 Å². The molecule has 0 aliphatic carbocycles. The van der Waals surface area contributed by atoms with Gasteiger partial charge in [-0.15, -0.1) is 0 Å². The van der Waals surface area contributed by atoms with Gasteiger partial charge in [0.05, 0.1) is 71.6 Å². The predicted molar refractivity (Wildman–Crippen MR) is 138 cm³/mol. The summed E-state index contributed by atoms with van der Waals surface area (Å²) in [5.41, 5.74) is 0.982. The topological polar surface area (TPSA) is 116 Å². The Hall–Kier alpha value is -2.38. The summed E-state index contributed by atoms with van der Waals surface area (Å²) in [7, 11) is -4.17. The molecule has 1 saturated heterocycles. The van der Waals surface area contributed by atoms with Crippen LogP contribution in [-0.4, -0.2) is 93.2 Å². The van der Waals surface area contributed by atoms with Gasteiger partial charge in [0.15, 0.2) is 0 Å². The molecule has 1 aliphatic heterocycles. The molecule has 0 spiro atoms. The minimum Gasteiger partial charge on any atom is -0.459 e. The maximum Gasteiger partial charge on any atom is 0.339 e. The van der Waals surface area contributed by atoms with E-state index in [9.17, 15) is 13.2 Å². The first kappa shape index (κ1) is 30.2. The lowest BCUT2D eigenvalue weighted by molar-refractivity contribution is -0.0690. The number of ether oxygens (including phenoxy) is 6. The summed E-state index contributed by atoms with van der Waals surface area (Å²) in [6, 6.07) is 15.5. The van der Waals surface area contributed by atoms with E-state index < -0.39 is 22.2 Å². The van der Waals surface area contributed by atoms with Crippen molar-refractivity contribution in [1.82, 2.24) is 0 Å². The number of hydrogen-bond acceptors (Lipinski definition) is 10. The number of aryl methyl sites for hydroxylation is 1. The summed E-state index contributed by atoms with van der Waals surface area (Å²) < 4.78 is 63.9. The highest BCUT2D eigenvalue weighted by Gasteiger charge is 2.25. The number of esters is 1. The Bertz CT molecular complexity index is 1030. The Morgan fingerprint density at radius 1 is 0.789 bits per heavy atom. The van der Waals surface area contributed by atoms with Gasteiger partial charge in [-0.1, -0.05) is 42.5 Å². The molecule has 0 amide bonds. The lowest BCUT2D eigenvalue weighted by atomic mass is 10.1. The molecule has 1 heterocycles. The van der Waals surface area contributed by atoms with Gasteiger partial charge in [-0.3, -0.25) is 4.18 Å². The maximum atomic E-state index is 12.9. The summed E-state index contributed by atoms with van der Waals surface area (Å²) >= 11 is 0. The second-order valence-corrected chi connectivity index (χ2v) is 9.95. The number of carbonyl (C=O) groups excluding carboxylic acids is 1. The molecule has 2 aromatic carbocycles. The normalized spacial score (nSPS) is 18.7. The minimum atomic E-state index is -4.17. The monoisotopic (exact) mass is 552 g/mol. The zero-order valence-electron chi connectivity index (χ0n) is 21.5. The second-order valence-electron chi connectivity index (χ2n) is 8.36. The Morgan fingerprint density at radius 3 is 2.11 bits per heavy atom. The highest BCUT2D eigenvalue weighted by atomic mass is 32.2. The SMILES string of the molecule is O=C(OCC1COCCOCCOCCOCCO1)c1ccccc1S(=O)(=O)OCCCc1ccccc1. The average Bonchev–Trinajstić information content (AvgIpc) is 2.95. The Labute approximate surface area is 224 Å². The van der Waals surface area contributed by atoms with Crippen LogP contribution >= 0.6 is 0 Å². The fourth-order valence-electron chi connectivity index (χ4n) is 3.55. The van der Waals surface area contributed by atoms with Crippen LogP contribution in [-0.2, 0) is 49.1 Å². The Morgan fingerprint density at radius 2 is 1.39 bits per heavy atom. The van der Waals surface area contributed by atoms with E-state index in [4.69, 9.17) is 32.6 Å². The average molecular weight is 553 g/mol. The number of benzene rings is 2. The molecule has 1 atom stereocenters. The highest BCUT2D eigenvalue weighted by Crippen LogP contribution is 2.20. The smallest absolute Gasteiger partial charge is 0.339 e. The van der Waals surface area contributed by atoms with Crippen molar-refractivity contribution in [3.8, 4) is 0 Å². The van der Waals surface area contributed by atoms with Gasteiger partial charge in [0.2, 0.25) is 0 Å². The molecular weight excluding hydrogens is 516 g/mol. The second kappa shape index (κ2) is 17.3. The zero-order valence-corrected chi connectivity index (χ0v) is 22.3.